The van der Waals surface area contributed by atoms with E-state index in [4.69, 9.17) is 4.74 Å². The van der Waals surface area contributed by atoms with Crippen molar-refractivity contribution in [2.45, 2.75) is 25.0 Å². The Morgan fingerprint density at radius 2 is 1.83 bits per heavy atom. The Hall–Kier alpha value is -1.06. The molecule has 3 rings (SSSR count). The Morgan fingerprint density at radius 1 is 1.11 bits per heavy atom. The van der Waals surface area contributed by atoms with Crippen molar-refractivity contribution in [2.24, 2.45) is 0 Å². The summed E-state index contributed by atoms with van der Waals surface area (Å²) in [6, 6.07) is 13.4. The summed E-state index contributed by atoms with van der Waals surface area (Å²) in [4.78, 5) is 0. The molecule has 0 amide bonds. The summed E-state index contributed by atoms with van der Waals surface area (Å²) in [6.07, 6.45) is 2.66. The lowest BCUT2D eigenvalue weighted by Crippen LogP contribution is -2.40. The Kier molecular flexibility index (Phi) is 3.27. The Balaban J connectivity index is 1.75. The van der Waals surface area contributed by atoms with Gasteiger partial charge in [0, 0.05) is 23.3 Å². The van der Waals surface area contributed by atoms with E-state index >= 15 is 0 Å². The smallest absolute Gasteiger partial charge is 0.0610 e. The number of hydrogen-bond acceptors (Lipinski definition) is 2. The number of benzene rings is 2. The quantitative estimate of drug-likeness (QED) is 0.918. The zero-order valence-electron chi connectivity index (χ0n) is 10.3. The first-order valence-electron chi connectivity index (χ1n) is 6.23. The van der Waals surface area contributed by atoms with Gasteiger partial charge < -0.3 is 10.1 Å². The molecule has 2 nitrogen and oxygen atoms in total. The summed E-state index contributed by atoms with van der Waals surface area (Å²) in [5.41, 5.74) is 1.20. The second-order valence-corrected chi connectivity index (χ2v) is 5.79. The van der Waals surface area contributed by atoms with E-state index in [1.165, 1.54) is 16.5 Å². The van der Waals surface area contributed by atoms with Crippen molar-refractivity contribution >= 4 is 32.4 Å². The Morgan fingerprint density at radius 3 is 2.61 bits per heavy atom. The molecule has 0 radical (unpaired) electrons. The third-order valence-corrected chi connectivity index (χ3v) is 4.09. The summed E-state index contributed by atoms with van der Waals surface area (Å²) in [5.74, 6) is 0. The predicted octanol–water partition coefficient (Wildman–Crippen LogP) is 4.19. The van der Waals surface area contributed by atoms with Crippen molar-refractivity contribution in [3.63, 3.8) is 0 Å². The monoisotopic (exact) mass is 305 g/mol. The van der Waals surface area contributed by atoms with Crippen molar-refractivity contribution in [3.8, 4) is 0 Å². The number of ether oxygens (including phenoxy) is 1. The van der Waals surface area contributed by atoms with Crippen molar-refractivity contribution in [1.29, 1.82) is 0 Å². The fraction of sp³-hybridized carbons (Fsp3) is 0.333. The van der Waals surface area contributed by atoms with Crippen LogP contribution in [-0.4, -0.2) is 19.3 Å². The molecule has 0 saturated heterocycles. The molecule has 1 aliphatic rings. The highest BCUT2D eigenvalue weighted by Gasteiger charge is 2.28. The average Bonchev–Trinajstić information content (AvgIpc) is 2.33. The lowest BCUT2D eigenvalue weighted by molar-refractivity contribution is 0.0329. The first-order chi connectivity index (χ1) is 8.74. The van der Waals surface area contributed by atoms with Gasteiger partial charge >= 0.3 is 0 Å². The van der Waals surface area contributed by atoms with Crippen LogP contribution in [0.2, 0.25) is 0 Å². The van der Waals surface area contributed by atoms with Gasteiger partial charge in [0.2, 0.25) is 0 Å². The van der Waals surface area contributed by atoms with E-state index in [2.05, 4.69) is 57.6 Å². The summed E-state index contributed by atoms with van der Waals surface area (Å²) in [5, 5.41) is 6.09. The van der Waals surface area contributed by atoms with E-state index in [-0.39, 0.29) is 0 Å². The van der Waals surface area contributed by atoms with Gasteiger partial charge in [-0.15, -0.1) is 0 Å². The van der Waals surface area contributed by atoms with Crippen LogP contribution >= 0.6 is 15.9 Å². The van der Waals surface area contributed by atoms with Crippen LogP contribution in [0.1, 0.15) is 12.8 Å². The molecule has 94 valence electrons. The highest BCUT2D eigenvalue weighted by atomic mass is 79.9. The SMILES string of the molecule is COC1CC(Nc2ccc3cc(Br)ccc3c2)C1. The second-order valence-electron chi connectivity index (χ2n) is 4.88. The maximum Gasteiger partial charge on any atom is 0.0610 e. The molecule has 2 aromatic carbocycles. The maximum atomic E-state index is 5.29. The van der Waals surface area contributed by atoms with Gasteiger partial charge in [0.05, 0.1) is 6.10 Å². The third kappa shape index (κ3) is 2.38. The summed E-state index contributed by atoms with van der Waals surface area (Å²) in [6.45, 7) is 0. The number of fused-ring (bicyclic) bond motifs is 1. The molecule has 18 heavy (non-hydrogen) atoms. The largest absolute Gasteiger partial charge is 0.382 e. The fourth-order valence-corrected chi connectivity index (χ4v) is 2.80. The van der Waals surface area contributed by atoms with E-state index in [0.29, 0.717) is 12.1 Å². The molecular formula is C15H16BrNO. The van der Waals surface area contributed by atoms with E-state index in [1.807, 2.05) is 0 Å². The van der Waals surface area contributed by atoms with Gasteiger partial charge in [-0.2, -0.15) is 0 Å². The molecule has 0 spiro atoms. The van der Waals surface area contributed by atoms with Gasteiger partial charge in [-0.1, -0.05) is 28.1 Å². The number of nitrogens with one attached hydrogen (secondary N) is 1. The standard InChI is InChI=1S/C15H16BrNO/c1-18-15-8-14(9-15)17-13-5-3-10-6-12(16)4-2-11(10)7-13/h2-7,14-15,17H,8-9H2,1H3. The normalized spacial score (nSPS) is 22.8. The number of halogens is 1. The number of anilines is 1. The zero-order chi connectivity index (χ0) is 12.5. The van der Waals surface area contributed by atoms with Gasteiger partial charge in [0.15, 0.2) is 0 Å². The summed E-state index contributed by atoms with van der Waals surface area (Å²) >= 11 is 3.50. The van der Waals surface area contributed by atoms with Crippen molar-refractivity contribution in [2.75, 3.05) is 12.4 Å². The van der Waals surface area contributed by atoms with E-state index in [9.17, 15) is 0 Å². The van der Waals surface area contributed by atoms with Gasteiger partial charge in [-0.3, -0.25) is 0 Å². The molecule has 0 aliphatic heterocycles. The minimum atomic E-state index is 0.443. The van der Waals surface area contributed by atoms with Crippen LogP contribution < -0.4 is 5.32 Å². The molecule has 0 atom stereocenters. The van der Waals surface area contributed by atoms with E-state index < -0.39 is 0 Å². The number of rotatable bonds is 3. The van der Waals surface area contributed by atoms with Crippen molar-refractivity contribution < 1.29 is 4.74 Å². The van der Waals surface area contributed by atoms with Crippen LogP contribution in [0.15, 0.2) is 40.9 Å². The molecular weight excluding hydrogens is 290 g/mol. The minimum Gasteiger partial charge on any atom is -0.382 e. The minimum absolute atomic E-state index is 0.443. The molecule has 0 aromatic heterocycles. The van der Waals surface area contributed by atoms with Crippen LogP contribution in [0.5, 0.6) is 0 Å². The van der Waals surface area contributed by atoms with Crippen molar-refractivity contribution in [1.82, 2.24) is 0 Å². The van der Waals surface area contributed by atoms with Gasteiger partial charge in [-0.05, 0) is 47.9 Å². The maximum absolute atomic E-state index is 5.29. The number of hydrogen-bond donors (Lipinski definition) is 1. The fourth-order valence-electron chi connectivity index (χ4n) is 2.42. The first kappa shape index (κ1) is 12.0. The zero-order valence-corrected chi connectivity index (χ0v) is 11.9. The molecule has 0 heterocycles. The highest BCUT2D eigenvalue weighted by molar-refractivity contribution is 9.10. The predicted molar refractivity (Wildman–Crippen MR) is 79.1 cm³/mol. The summed E-state index contributed by atoms with van der Waals surface area (Å²) in [7, 11) is 1.79. The highest BCUT2D eigenvalue weighted by Crippen LogP contribution is 2.28. The molecule has 1 saturated carbocycles. The summed E-state index contributed by atoms with van der Waals surface area (Å²) < 4.78 is 6.42. The second kappa shape index (κ2) is 4.90. The average molecular weight is 306 g/mol. The van der Waals surface area contributed by atoms with Crippen LogP contribution in [-0.2, 0) is 4.74 Å². The lowest BCUT2D eigenvalue weighted by atomic mass is 9.89. The van der Waals surface area contributed by atoms with Crippen LogP contribution in [0.4, 0.5) is 5.69 Å². The lowest BCUT2D eigenvalue weighted by Gasteiger charge is -2.35. The third-order valence-electron chi connectivity index (χ3n) is 3.60. The number of methoxy groups -OCH3 is 1. The van der Waals surface area contributed by atoms with Crippen LogP contribution in [0, 0.1) is 0 Å². The molecule has 3 heteroatoms. The molecule has 2 aromatic rings. The Bertz CT molecular complexity index is 563. The topological polar surface area (TPSA) is 21.3 Å². The first-order valence-corrected chi connectivity index (χ1v) is 7.02. The molecule has 0 unspecified atom stereocenters. The van der Waals surface area contributed by atoms with Crippen LogP contribution in [0.25, 0.3) is 10.8 Å². The molecule has 1 fully saturated rings. The molecule has 1 N–H and O–H groups in total. The van der Waals surface area contributed by atoms with E-state index in [0.717, 1.165) is 17.3 Å². The Labute approximate surface area is 115 Å². The molecule has 0 bridgehead atoms. The van der Waals surface area contributed by atoms with Crippen molar-refractivity contribution in [3.05, 3.63) is 40.9 Å². The van der Waals surface area contributed by atoms with Gasteiger partial charge in [0.1, 0.15) is 0 Å². The van der Waals surface area contributed by atoms with Gasteiger partial charge in [-0.25, -0.2) is 0 Å². The molecule has 1 aliphatic carbocycles. The van der Waals surface area contributed by atoms with Crippen LogP contribution in [0.3, 0.4) is 0 Å². The van der Waals surface area contributed by atoms with E-state index in [1.54, 1.807) is 7.11 Å². The van der Waals surface area contributed by atoms with Gasteiger partial charge in [0.25, 0.3) is 0 Å².